The summed E-state index contributed by atoms with van der Waals surface area (Å²) in [7, 11) is 0. The van der Waals surface area contributed by atoms with Crippen molar-refractivity contribution in [2.45, 2.75) is 10.9 Å². The predicted molar refractivity (Wildman–Crippen MR) is 111 cm³/mol. The summed E-state index contributed by atoms with van der Waals surface area (Å²) >= 11 is 1.58. The number of pyridine rings is 1. The van der Waals surface area contributed by atoms with Gasteiger partial charge in [-0.1, -0.05) is 42.1 Å². The van der Waals surface area contributed by atoms with Gasteiger partial charge in [0.05, 0.1) is 0 Å². The van der Waals surface area contributed by atoms with Crippen molar-refractivity contribution in [2.24, 2.45) is 0 Å². The SMILES string of the molecule is Fc1ccc(Oc2cc3cnc(SCc4ccccc4)nc3n3ccnc23)cc1. The molecule has 0 saturated heterocycles. The standard InChI is InChI=1S/C22H15FN4OS/c23-17-6-8-18(9-7-17)28-19-12-16-13-25-22(29-14-15-4-2-1-3-5-15)26-20(16)27-11-10-24-21(19)27/h1-13H,14H2. The molecule has 3 aromatic heterocycles. The van der Waals surface area contributed by atoms with E-state index in [0.717, 1.165) is 16.8 Å². The number of rotatable bonds is 5. The lowest BCUT2D eigenvalue weighted by Gasteiger charge is -2.10. The third kappa shape index (κ3) is 3.64. The number of ether oxygens (including phenoxy) is 1. The highest BCUT2D eigenvalue weighted by Crippen LogP contribution is 2.30. The van der Waals surface area contributed by atoms with Gasteiger partial charge in [0.2, 0.25) is 0 Å². The van der Waals surface area contributed by atoms with E-state index in [1.165, 1.54) is 17.7 Å². The van der Waals surface area contributed by atoms with Crippen molar-refractivity contribution in [3.05, 3.63) is 90.6 Å². The summed E-state index contributed by atoms with van der Waals surface area (Å²) in [5.74, 6) is 1.58. The summed E-state index contributed by atoms with van der Waals surface area (Å²) in [6.45, 7) is 0. The number of imidazole rings is 1. The van der Waals surface area contributed by atoms with E-state index in [1.807, 2.05) is 34.9 Å². The molecule has 0 fully saturated rings. The number of hydrogen-bond acceptors (Lipinski definition) is 5. The van der Waals surface area contributed by atoms with Crippen molar-refractivity contribution in [3.8, 4) is 11.5 Å². The monoisotopic (exact) mass is 402 g/mol. The quantitative estimate of drug-likeness (QED) is 0.287. The minimum Gasteiger partial charge on any atom is -0.453 e. The van der Waals surface area contributed by atoms with Crippen molar-refractivity contribution >= 4 is 28.4 Å². The number of nitrogens with zero attached hydrogens (tertiary/aromatic N) is 4. The van der Waals surface area contributed by atoms with Gasteiger partial charge >= 0.3 is 0 Å². The Kier molecular flexibility index (Phi) is 4.57. The van der Waals surface area contributed by atoms with Crippen LogP contribution in [0.2, 0.25) is 0 Å². The van der Waals surface area contributed by atoms with Gasteiger partial charge in [-0.15, -0.1) is 0 Å². The number of fused-ring (bicyclic) bond motifs is 3. The Bertz CT molecular complexity index is 1290. The van der Waals surface area contributed by atoms with Gasteiger partial charge in [-0.3, -0.25) is 4.40 Å². The van der Waals surface area contributed by atoms with Crippen molar-refractivity contribution in [1.82, 2.24) is 19.4 Å². The molecular weight excluding hydrogens is 387 g/mol. The maximum absolute atomic E-state index is 13.2. The molecule has 5 nitrogen and oxygen atoms in total. The van der Waals surface area contributed by atoms with E-state index in [9.17, 15) is 4.39 Å². The Morgan fingerprint density at radius 2 is 1.79 bits per heavy atom. The highest BCUT2D eigenvalue weighted by molar-refractivity contribution is 7.98. The van der Waals surface area contributed by atoms with Gasteiger partial charge in [-0.25, -0.2) is 19.3 Å². The van der Waals surface area contributed by atoms with E-state index in [1.54, 1.807) is 36.3 Å². The Labute approximate surface area is 170 Å². The number of benzene rings is 2. The predicted octanol–water partition coefficient (Wildman–Crippen LogP) is 5.50. The molecule has 29 heavy (non-hydrogen) atoms. The molecule has 7 heteroatoms. The second-order valence-corrected chi connectivity index (χ2v) is 7.33. The molecule has 0 amide bonds. The summed E-state index contributed by atoms with van der Waals surface area (Å²) < 4.78 is 21.0. The van der Waals surface area contributed by atoms with E-state index < -0.39 is 0 Å². The zero-order chi connectivity index (χ0) is 19.6. The number of aromatic nitrogens is 4. The molecule has 142 valence electrons. The van der Waals surface area contributed by atoms with Crippen molar-refractivity contribution in [2.75, 3.05) is 0 Å². The lowest BCUT2D eigenvalue weighted by Crippen LogP contribution is -1.97. The minimum absolute atomic E-state index is 0.309. The molecule has 0 bridgehead atoms. The van der Waals surface area contributed by atoms with Crippen LogP contribution in [0, 0.1) is 5.82 Å². The summed E-state index contributed by atoms with van der Waals surface area (Å²) in [4.78, 5) is 13.6. The van der Waals surface area contributed by atoms with E-state index in [2.05, 4.69) is 22.1 Å². The minimum atomic E-state index is -0.309. The lowest BCUT2D eigenvalue weighted by molar-refractivity contribution is 0.483. The third-order valence-electron chi connectivity index (χ3n) is 4.40. The van der Waals surface area contributed by atoms with Crippen LogP contribution in [0.1, 0.15) is 5.56 Å². The van der Waals surface area contributed by atoms with Gasteiger partial charge in [-0.05, 0) is 35.9 Å². The van der Waals surface area contributed by atoms with Crippen LogP contribution in [0.25, 0.3) is 16.7 Å². The van der Waals surface area contributed by atoms with Crippen molar-refractivity contribution in [3.63, 3.8) is 0 Å². The normalized spacial score (nSPS) is 11.2. The van der Waals surface area contributed by atoms with Crippen LogP contribution in [-0.4, -0.2) is 19.4 Å². The Hall–Kier alpha value is -3.45. The molecule has 5 aromatic rings. The van der Waals surface area contributed by atoms with E-state index in [-0.39, 0.29) is 5.82 Å². The van der Waals surface area contributed by atoms with Crippen LogP contribution in [0.15, 0.2) is 84.4 Å². The smallest absolute Gasteiger partial charge is 0.189 e. The molecule has 0 spiro atoms. The fraction of sp³-hybridized carbons (Fsp3) is 0.0455. The van der Waals surface area contributed by atoms with Crippen LogP contribution in [0.4, 0.5) is 4.39 Å². The van der Waals surface area contributed by atoms with Gasteiger partial charge in [0.15, 0.2) is 22.2 Å². The first kappa shape index (κ1) is 17.6. The highest BCUT2D eigenvalue weighted by Gasteiger charge is 2.12. The first-order valence-corrected chi connectivity index (χ1v) is 9.98. The fourth-order valence-electron chi connectivity index (χ4n) is 3.02. The average Bonchev–Trinajstić information content (AvgIpc) is 3.25. The zero-order valence-electron chi connectivity index (χ0n) is 15.2. The zero-order valence-corrected chi connectivity index (χ0v) is 16.0. The summed E-state index contributed by atoms with van der Waals surface area (Å²) in [5.41, 5.74) is 2.62. The summed E-state index contributed by atoms with van der Waals surface area (Å²) in [6.07, 6.45) is 5.33. The van der Waals surface area contributed by atoms with Crippen LogP contribution in [-0.2, 0) is 5.75 Å². The number of halogens is 1. The van der Waals surface area contributed by atoms with Crippen LogP contribution in [0.3, 0.4) is 0 Å². The Balaban J connectivity index is 1.49. The molecule has 2 aromatic carbocycles. The summed E-state index contributed by atoms with van der Waals surface area (Å²) in [5, 5.41) is 1.53. The fourth-order valence-corrected chi connectivity index (χ4v) is 3.79. The van der Waals surface area contributed by atoms with E-state index in [4.69, 9.17) is 9.72 Å². The molecule has 5 rings (SSSR count). The third-order valence-corrected chi connectivity index (χ3v) is 5.33. The lowest BCUT2D eigenvalue weighted by atomic mass is 10.2. The highest BCUT2D eigenvalue weighted by atomic mass is 32.2. The van der Waals surface area contributed by atoms with E-state index in [0.29, 0.717) is 22.3 Å². The summed E-state index contributed by atoms with van der Waals surface area (Å²) in [6, 6.07) is 18.0. The number of thioether (sulfide) groups is 1. The maximum atomic E-state index is 13.2. The molecule has 0 aliphatic carbocycles. The first-order chi connectivity index (χ1) is 14.3. The Morgan fingerprint density at radius 3 is 2.62 bits per heavy atom. The molecule has 0 aliphatic heterocycles. The van der Waals surface area contributed by atoms with Gasteiger partial charge in [0.25, 0.3) is 0 Å². The molecule has 0 saturated carbocycles. The molecule has 0 atom stereocenters. The first-order valence-electron chi connectivity index (χ1n) is 8.99. The second-order valence-electron chi connectivity index (χ2n) is 6.39. The Morgan fingerprint density at radius 1 is 0.966 bits per heavy atom. The molecule has 0 unspecified atom stereocenters. The van der Waals surface area contributed by atoms with Gasteiger partial charge in [-0.2, -0.15) is 0 Å². The molecule has 0 radical (unpaired) electrons. The largest absolute Gasteiger partial charge is 0.453 e. The molecule has 0 aliphatic rings. The molecular formula is C22H15FN4OS. The average molecular weight is 402 g/mol. The van der Waals surface area contributed by atoms with Crippen molar-refractivity contribution < 1.29 is 9.13 Å². The van der Waals surface area contributed by atoms with Gasteiger partial charge in [0.1, 0.15) is 11.6 Å². The van der Waals surface area contributed by atoms with Crippen molar-refractivity contribution in [1.29, 1.82) is 0 Å². The second kappa shape index (κ2) is 7.52. The van der Waals surface area contributed by atoms with Crippen LogP contribution in [0.5, 0.6) is 11.5 Å². The maximum Gasteiger partial charge on any atom is 0.189 e. The molecule has 0 N–H and O–H groups in total. The van der Waals surface area contributed by atoms with Gasteiger partial charge in [0, 0.05) is 29.7 Å². The topological polar surface area (TPSA) is 52.3 Å². The van der Waals surface area contributed by atoms with Gasteiger partial charge < -0.3 is 4.74 Å². The van der Waals surface area contributed by atoms with Crippen LogP contribution >= 0.6 is 11.8 Å². The molecule has 3 heterocycles. The number of hydrogen-bond donors (Lipinski definition) is 0. The van der Waals surface area contributed by atoms with E-state index >= 15 is 0 Å². The van der Waals surface area contributed by atoms with Crippen LogP contribution < -0.4 is 4.74 Å².